The van der Waals surface area contributed by atoms with Gasteiger partial charge in [-0.3, -0.25) is 0 Å². The van der Waals surface area contributed by atoms with Crippen molar-refractivity contribution in [3.8, 4) is 5.75 Å². The molecule has 0 atom stereocenters. The molecule has 2 rings (SSSR count). The lowest BCUT2D eigenvalue weighted by atomic mass is 10.0. The van der Waals surface area contributed by atoms with Crippen LogP contribution in [0.15, 0.2) is 30.3 Å². The molecule has 1 aliphatic heterocycles. The van der Waals surface area contributed by atoms with Gasteiger partial charge in [-0.05, 0) is 36.2 Å². The number of benzene rings is 1. The molecule has 2 heteroatoms. The molecular formula is C13H19NO. The van der Waals surface area contributed by atoms with Gasteiger partial charge >= 0.3 is 0 Å². The average Bonchev–Trinajstić information content (AvgIpc) is 2.34. The van der Waals surface area contributed by atoms with Crippen LogP contribution in [0.1, 0.15) is 25.8 Å². The second-order valence-electron chi connectivity index (χ2n) is 3.23. The summed E-state index contributed by atoms with van der Waals surface area (Å²) in [7, 11) is 0. The lowest BCUT2D eigenvalue weighted by molar-refractivity contribution is 0.475. The van der Waals surface area contributed by atoms with Crippen LogP contribution in [0, 0.1) is 0 Å². The number of rotatable bonds is 1. The summed E-state index contributed by atoms with van der Waals surface area (Å²) >= 11 is 0. The van der Waals surface area contributed by atoms with E-state index in [-0.39, 0.29) is 0 Å². The predicted octanol–water partition coefficient (Wildman–Crippen LogP) is 2.80. The highest BCUT2D eigenvalue weighted by Gasteiger charge is 2.04. The Balaban J connectivity index is 0.000000531. The summed E-state index contributed by atoms with van der Waals surface area (Å²) in [5.74, 6) is 0.332. The number of hydrogen-bond donors (Lipinski definition) is 2. The molecule has 1 heterocycles. The van der Waals surface area contributed by atoms with Crippen molar-refractivity contribution in [1.29, 1.82) is 0 Å². The molecule has 2 N–H and O–H groups in total. The zero-order valence-corrected chi connectivity index (χ0v) is 9.46. The first-order valence-electron chi connectivity index (χ1n) is 5.55. The molecule has 0 saturated heterocycles. The van der Waals surface area contributed by atoms with Crippen molar-refractivity contribution in [3.05, 3.63) is 35.9 Å². The third kappa shape index (κ3) is 3.40. The summed E-state index contributed by atoms with van der Waals surface area (Å²) in [4.78, 5) is 0. The Bertz CT molecular complexity index is 314. The van der Waals surface area contributed by atoms with Crippen LogP contribution in [0.3, 0.4) is 0 Å². The standard InChI is InChI=1S/C11H13NO.C2H6/c13-11-3-1-9(2-4-11)10-5-7-12-8-6-10;1-2/h1-5,12-13H,6-8H2;1-2H3. The van der Waals surface area contributed by atoms with E-state index >= 15 is 0 Å². The largest absolute Gasteiger partial charge is 0.508 e. The number of nitrogens with one attached hydrogen (secondary N) is 1. The molecule has 0 aromatic heterocycles. The van der Waals surface area contributed by atoms with Crippen molar-refractivity contribution in [1.82, 2.24) is 5.32 Å². The van der Waals surface area contributed by atoms with Crippen LogP contribution in [-0.2, 0) is 0 Å². The fourth-order valence-electron chi connectivity index (χ4n) is 1.56. The number of hydrogen-bond acceptors (Lipinski definition) is 2. The van der Waals surface area contributed by atoms with Crippen molar-refractivity contribution < 1.29 is 5.11 Å². The fourth-order valence-corrected chi connectivity index (χ4v) is 1.56. The third-order valence-corrected chi connectivity index (χ3v) is 2.30. The Morgan fingerprint density at radius 3 is 2.33 bits per heavy atom. The van der Waals surface area contributed by atoms with Crippen LogP contribution in [0.25, 0.3) is 5.57 Å². The molecule has 1 aromatic carbocycles. The molecular weight excluding hydrogens is 186 g/mol. The van der Waals surface area contributed by atoms with E-state index in [1.54, 1.807) is 12.1 Å². The number of phenolic OH excluding ortho intramolecular Hbond substituents is 1. The molecule has 0 saturated carbocycles. The molecule has 0 bridgehead atoms. The quantitative estimate of drug-likeness (QED) is 0.739. The van der Waals surface area contributed by atoms with Crippen LogP contribution >= 0.6 is 0 Å². The van der Waals surface area contributed by atoms with E-state index in [1.807, 2.05) is 26.0 Å². The minimum absolute atomic E-state index is 0.332. The molecule has 0 amide bonds. The average molecular weight is 205 g/mol. The highest BCUT2D eigenvalue weighted by Crippen LogP contribution is 2.21. The molecule has 0 fully saturated rings. The smallest absolute Gasteiger partial charge is 0.115 e. The summed E-state index contributed by atoms with van der Waals surface area (Å²) in [6, 6.07) is 7.40. The van der Waals surface area contributed by atoms with Crippen molar-refractivity contribution in [2.45, 2.75) is 20.3 Å². The first-order valence-corrected chi connectivity index (χ1v) is 5.55. The van der Waals surface area contributed by atoms with E-state index in [0.29, 0.717) is 5.75 Å². The van der Waals surface area contributed by atoms with Gasteiger partial charge in [-0.2, -0.15) is 0 Å². The van der Waals surface area contributed by atoms with Gasteiger partial charge in [0.25, 0.3) is 0 Å². The third-order valence-electron chi connectivity index (χ3n) is 2.30. The summed E-state index contributed by atoms with van der Waals surface area (Å²) in [5, 5.41) is 12.4. The topological polar surface area (TPSA) is 32.3 Å². The van der Waals surface area contributed by atoms with Gasteiger partial charge in [-0.15, -0.1) is 0 Å². The summed E-state index contributed by atoms with van der Waals surface area (Å²) in [6.07, 6.45) is 3.28. The van der Waals surface area contributed by atoms with Crippen molar-refractivity contribution in [2.75, 3.05) is 13.1 Å². The van der Waals surface area contributed by atoms with Crippen LogP contribution in [0.5, 0.6) is 5.75 Å². The maximum atomic E-state index is 9.12. The van der Waals surface area contributed by atoms with Crippen LogP contribution < -0.4 is 5.32 Å². The van der Waals surface area contributed by atoms with Crippen molar-refractivity contribution in [2.24, 2.45) is 0 Å². The number of phenols is 1. The fraction of sp³-hybridized carbons (Fsp3) is 0.385. The Hall–Kier alpha value is -1.28. The molecule has 0 unspecified atom stereocenters. The highest BCUT2D eigenvalue weighted by atomic mass is 16.3. The monoisotopic (exact) mass is 205 g/mol. The number of aromatic hydroxyl groups is 1. The zero-order chi connectivity index (χ0) is 11.1. The maximum Gasteiger partial charge on any atom is 0.115 e. The van der Waals surface area contributed by atoms with Crippen LogP contribution in [0.2, 0.25) is 0 Å². The normalized spacial score (nSPS) is 14.9. The van der Waals surface area contributed by atoms with Gasteiger partial charge in [0.05, 0.1) is 0 Å². The molecule has 2 nitrogen and oxygen atoms in total. The predicted molar refractivity (Wildman–Crippen MR) is 64.9 cm³/mol. The molecule has 0 aliphatic carbocycles. The van der Waals surface area contributed by atoms with Gasteiger partial charge in [-0.1, -0.05) is 32.1 Å². The second-order valence-corrected chi connectivity index (χ2v) is 3.23. The van der Waals surface area contributed by atoms with Crippen molar-refractivity contribution >= 4 is 5.57 Å². The molecule has 15 heavy (non-hydrogen) atoms. The minimum atomic E-state index is 0.332. The Morgan fingerprint density at radius 1 is 1.13 bits per heavy atom. The van der Waals surface area contributed by atoms with Crippen molar-refractivity contribution in [3.63, 3.8) is 0 Å². The SMILES string of the molecule is CC.Oc1ccc(C2=CCNCC2)cc1. The van der Waals surface area contributed by atoms with E-state index in [1.165, 1.54) is 11.1 Å². The first-order chi connectivity index (χ1) is 7.36. The molecule has 82 valence electrons. The Labute approximate surface area is 91.6 Å². The lowest BCUT2D eigenvalue weighted by Gasteiger charge is -2.13. The second kappa shape index (κ2) is 6.25. The van der Waals surface area contributed by atoms with Crippen LogP contribution in [0.4, 0.5) is 0 Å². The molecule has 1 aromatic rings. The minimum Gasteiger partial charge on any atom is -0.508 e. The zero-order valence-electron chi connectivity index (χ0n) is 9.46. The molecule has 1 aliphatic rings. The van der Waals surface area contributed by atoms with E-state index < -0.39 is 0 Å². The Morgan fingerprint density at radius 2 is 1.80 bits per heavy atom. The first kappa shape index (κ1) is 11.8. The van der Waals surface area contributed by atoms with Gasteiger partial charge in [0.1, 0.15) is 5.75 Å². The lowest BCUT2D eigenvalue weighted by Crippen LogP contribution is -2.19. The summed E-state index contributed by atoms with van der Waals surface area (Å²) < 4.78 is 0. The van der Waals surface area contributed by atoms with Gasteiger partial charge in [0.15, 0.2) is 0 Å². The van der Waals surface area contributed by atoms with Crippen LogP contribution in [-0.4, -0.2) is 18.2 Å². The summed E-state index contributed by atoms with van der Waals surface area (Å²) in [6.45, 7) is 6.00. The van der Waals surface area contributed by atoms with E-state index in [4.69, 9.17) is 5.11 Å². The summed E-state index contributed by atoms with van der Waals surface area (Å²) in [5.41, 5.74) is 2.60. The molecule has 0 radical (unpaired) electrons. The van der Waals surface area contributed by atoms with E-state index in [0.717, 1.165) is 19.5 Å². The highest BCUT2D eigenvalue weighted by molar-refractivity contribution is 5.66. The van der Waals surface area contributed by atoms with Gasteiger partial charge in [0.2, 0.25) is 0 Å². The Kier molecular flexibility index (Phi) is 4.91. The molecule has 0 spiro atoms. The van der Waals surface area contributed by atoms with E-state index in [9.17, 15) is 0 Å². The van der Waals surface area contributed by atoms with E-state index in [2.05, 4.69) is 11.4 Å². The maximum absolute atomic E-state index is 9.12. The van der Waals surface area contributed by atoms with Gasteiger partial charge < -0.3 is 10.4 Å². The van der Waals surface area contributed by atoms with Gasteiger partial charge in [0, 0.05) is 6.54 Å². The van der Waals surface area contributed by atoms with Gasteiger partial charge in [-0.25, -0.2) is 0 Å².